The van der Waals surface area contributed by atoms with Crippen LogP contribution in [-0.2, 0) is 0 Å². The molecule has 112 valence electrons. The first-order chi connectivity index (χ1) is 9.63. The first-order valence-electron chi connectivity index (χ1n) is 7.90. The third-order valence-corrected chi connectivity index (χ3v) is 4.62. The van der Waals surface area contributed by atoms with Gasteiger partial charge >= 0.3 is 0 Å². The maximum atomic E-state index is 9.96. The minimum atomic E-state index is -0.0388. The zero-order valence-corrected chi connectivity index (χ0v) is 12.6. The molecule has 0 saturated heterocycles. The molecule has 1 aromatic carbocycles. The van der Waals surface area contributed by atoms with Crippen molar-refractivity contribution in [3.05, 3.63) is 23.8 Å². The molecule has 1 fully saturated rings. The fourth-order valence-electron chi connectivity index (χ4n) is 3.51. The van der Waals surface area contributed by atoms with Crippen LogP contribution in [0.15, 0.2) is 18.2 Å². The second kappa shape index (κ2) is 6.98. The highest BCUT2D eigenvalue weighted by molar-refractivity contribution is 5.44. The van der Waals surface area contributed by atoms with Gasteiger partial charge in [0.15, 0.2) is 0 Å². The maximum absolute atomic E-state index is 9.96. The van der Waals surface area contributed by atoms with Crippen LogP contribution in [0.4, 0.5) is 0 Å². The second-order valence-corrected chi connectivity index (χ2v) is 6.01. The van der Waals surface area contributed by atoms with Crippen LogP contribution in [-0.4, -0.2) is 16.3 Å². The van der Waals surface area contributed by atoms with E-state index in [-0.39, 0.29) is 17.5 Å². The monoisotopic (exact) mass is 277 g/mol. The van der Waals surface area contributed by atoms with Crippen LogP contribution >= 0.6 is 0 Å². The number of hydrogen-bond acceptors (Lipinski definition) is 3. The van der Waals surface area contributed by atoms with E-state index in [2.05, 4.69) is 12.2 Å². The molecule has 2 rings (SSSR count). The number of phenolic OH excluding ortho intramolecular Hbond substituents is 2. The van der Waals surface area contributed by atoms with Gasteiger partial charge in [0.05, 0.1) is 5.56 Å². The summed E-state index contributed by atoms with van der Waals surface area (Å²) in [6.45, 7) is 4.23. The first kappa shape index (κ1) is 15.2. The Labute approximate surface area is 122 Å². The Morgan fingerprint density at radius 1 is 1.15 bits per heavy atom. The van der Waals surface area contributed by atoms with Gasteiger partial charge in [-0.2, -0.15) is 0 Å². The molecule has 0 aromatic heterocycles. The molecule has 0 bridgehead atoms. The summed E-state index contributed by atoms with van der Waals surface area (Å²) < 4.78 is 0. The molecular formula is C17H27NO2. The van der Waals surface area contributed by atoms with Gasteiger partial charge in [0, 0.05) is 12.1 Å². The van der Waals surface area contributed by atoms with Gasteiger partial charge < -0.3 is 15.5 Å². The standard InChI is InChI=1S/C17H27NO2/c1-3-14(13-8-5-4-6-9-13)18-12(2)17-15(19)10-7-11-16(17)20/h7,10-14,18-20H,3-6,8-9H2,1-2H3. The number of nitrogens with one attached hydrogen (secondary N) is 1. The van der Waals surface area contributed by atoms with Crippen LogP contribution in [0.2, 0.25) is 0 Å². The minimum Gasteiger partial charge on any atom is -0.507 e. The predicted octanol–water partition coefficient (Wildman–Crippen LogP) is 4.11. The molecule has 0 radical (unpaired) electrons. The molecule has 0 heterocycles. The summed E-state index contributed by atoms with van der Waals surface area (Å²) in [5.41, 5.74) is 0.613. The van der Waals surface area contributed by atoms with Gasteiger partial charge in [-0.3, -0.25) is 0 Å². The van der Waals surface area contributed by atoms with Crippen molar-refractivity contribution >= 4 is 0 Å². The van der Waals surface area contributed by atoms with Crippen molar-refractivity contribution in [2.45, 2.75) is 64.5 Å². The molecule has 1 aliphatic rings. The van der Waals surface area contributed by atoms with E-state index in [1.807, 2.05) is 6.92 Å². The summed E-state index contributed by atoms with van der Waals surface area (Å²) in [6.07, 6.45) is 7.71. The van der Waals surface area contributed by atoms with E-state index in [1.54, 1.807) is 18.2 Å². The van der Waals surface area contributed by atoms with Gasteiger partial charge in [0.25, 0.3) is 0 Å². The average Bonchev–Trinajstić information content (AvgIpc) is 2.45. The summed E-state index contributed by atoms with van der Waals surface area (Å²) >= 11 is 0. The largest absolute Gasteiger partial charge is 0.507 e. The molecule has 3 heteroatoms. The van der Waals surface area contributed by atoms with Crippen LogP contribution in [0.5, 0.6) is 11.5 Å². The van der Waals surface area contributed by atoms with Crippen molar-refractivity contribution in [1.29, 1.82) is 0 Å². The third kappa shape index (κ3) is 3.45. The van der Waals surface area contributed by atoms with E-state index >= 15 is 0 Å². The SMILES string of the molecule is CCC(NC(C)c1c(O)cccc1O)C1CCCCC1. The predicted molar refractivity (Wildman–Crippen MR) is 82.0 cm³/mol. The summed E-state index contributed by atoms with van der Waals surface area (Å²) in [4.78, 5) is 0. The van der Waals surface area contributed by atoms with E-state index in [9.17, 15) is 10.2 Å². The van der Waals surface area contributed by atoms with Gasteiger partial charge in [0.2, 0.25) is 0 Å². The highest BCUT2D eigenvalue weighted by Gasteiger charge is 2.25. The second-order valence-electron chi connectivity index (χ2n) is 6.01. The Kier molecular flexibility index (Phi) is 5.30. The Bertz CT molecular complexity index is 407. The average molecular weight is 277 g/mol. The van der Waals surface area contributed by atoms with Gasteiger partial charge in [0.1, 0.15) is 11.5 Å². The smallest absolute Gasteiger partial charge is 0.124 e. The minimum absolute atomic E-state index is 0.0388. The lowest BCUT2D eigenvalue weighted by atomic mass is 9.82. The van der Waals surface area contributed by atoms with Gasteiger partial charge in [-0.05, 0) is 44.2 Å². The zero-order chi connectivity index (χ0) is 14.5. The van der Waals surface area contributed by atoms with Gasteiger partial charge in [-0.25, -0.2) is 0 Å². The Balaban J connectivity index is 2.06. The lowest BCUT2D eigenvalue weighted by molar-refractivity contribution is 0.247. The van der Waals surface area contributed by atoms with Crippen LogP contribution in [0.1, 0.15) is 64.0 Å². The number of aromatic hydroxyl groups is 2. The Morgan fingerprint density at radius 3 is 2.30 bits per heavy atom. The topological polar surface area (TPSA) is 52.5 Å². The molecule has 0 aliphatic heterocycles. The van der Waals surface area contributed by atoms with E-state index in [0.29, 0.717) is 11.6 Å². The van der Waals surface area contributed by atoms with E-state index in [4.69, 9.17) is 0 Å². The molecule has 2 atom stereocenters. The molecule has 0 amide bonds. The number of phenols is 2. The third-order valence-electron chi connectivity index (χ3n) is 4.62. The van der Waals surface area contributed by atoms with E-state index in [1.165, 1.54) is 32.1 Å². The van der Waals surface area contributed by atoms with Crippen molar-refractivity contribution in [3.8, 4) is 11.5 Å². The number of rotatable bonds is 5. The van der Waals surface area contributed by atoms with Crippen LogP contribution in [0.25, 0.3) is 0 Å². The van der Waals surface area contributed by atoms with Crippen molar-refractivity contribution in [2.24, 2.45) is 5.92 Å². The van der Waals surface area contributed by atoms with Crippen molar-refractivity contribution in [3.63, 3.8) is 0 Å². The number of benzene rings is 1. The van der Waals surface area contributed by atoms with Crippen molar-refractivity contribution in [2.75, 3.05) is 0 Å². The molecule has 3 N–H and O–H groups in total. The summed E-state index contributed by atoms with van der Waals surface area (Å²) in [7, 11) is 0. The fourth-order valence-corrected chi connectivity index (χ4v) is 3.51. The highest BCUT2D eigenvalue weighted by Crippen LogP contribution is 2.34. The molecule has 20 heavy (non-hydrogen) atoms. The van der Waals surface area contributed by atoms with Gasteiger partial charge in [-0.15, -0.1) is 0 Å². The maximum Gasteiger partial charge on any atom is 0.124 e. The molecule has 0 spiro atoms. The molecule has 1 aliphatic carbocycles. The fraction of sp³-hybridized carbons (Fsp3) is 0.647. The normalized spacial score (nSPS) is 19.7. The quantitative estimate of drug-likeness (QED) is 0.759. The lowest BCUT2D eigenvalue weighted by Crippen LogP contribution is -2.38. The van der Waals surface area contributed by atoms with Crippen molar-refractivity contribution < 1.29 is 10.2 Å². The molecule has 2 unspecified atom stereocenters. The summed E-state index contributed by atoms with van der Waals surface area (Å²) in [6, 6.07) is 5.36. The zero-order valence-electron chi connectivity index (χ0n) is 12.6. The highest BCUT2D eigenvalue weighted by atomic mass is 16.3. The van der Waals surface area contributed by atoms with Crippen LogP contribution in [0.3, 0.4) is 0 Å². The van der Waals surface area contributed by atoms with Crippen LogP contribution in [0, 0.1) is 5.92 Å². The summed E-state index contributed by atoms with van der Waals surface area (Å²) in [5.74, 6) is 1.07. The number of hydrogen-bond donors (Lipinski definition) is 3. The Hall–Kier alpha value is -1.22. The molecule has 1 saturated carbocycles. The molecule has 1 aromatic rings. The first-order valence-corrected chi connectivity index (χ1v) is 7.90. The van der Waals surface area contributed by atoms with E-state index < -0.39 is 0 Å². The Morgan fingerprint density at radius 2 is 1.75 bits per heavy atom. The summed E-state index contributed by atoms with van der Waals surface area (Å²) in [5, 5.41) is 23.5. The van der Waals surface area contributed by atoms with E-state index in [0.717, 1.165) is 12.3 Å². The van der Waals surface area contributed by atoms with Crippen molar-refractivity contribution in [1.82, 2.24) is 5.32 Å². The lowest BCUT2D eigenvalue weighted by Gasteiger charge is -2.33. The van der Waals surface area contributed by atoms with Gasteiger partial charge in [-0.1, -0.05) is 32.3 Å². The molecule has 3 nitrogen and oxygen atoms in total. The molecular weight excluding hydrogens is 250 g/mol. The van der Waals surface area contributed by atoms with Crippen LogP contribution < -0.4 is 5.32 Å².